The molecular weight excluding hydrogens is 324 g/mol. The van der Waals surface area contributed by atoms with Crippen molar-refractivity contribution in [3.63, 3.8) is 0 Å². The fourth-order valence-corrected chi connectivity index (χ4v) is 3.64. The van der Waals surface area contributed by atoms with E-state index in [0.29, 0.717) is 12.5 Å². The van der Waals surface area contributed by atoms with E-state index in [0.717, 1.165) is 42.7 Å². The van der Waals surface area contributed by atoms with E-state index in [1.807, 2.05) is 25.1 Å². The quantitative estimate of drug-likeness (QED) is 0.826. The number of aryl methyl sites for hydroxylation is 2. The zero-order valence-corrected chi connectivity index (χ0v) is 15.7. The van der Waals surface area contributed by atoms with Gasteiger partial charge in [-0.2, -0.15) is 0 Å². The number of carbonyl (C=O) groups is 1. The van der Waals surface area contributed by atoms with Gasteiger partial charge in [-0.15, -0.1) is 0 Å². The molecule has 0 saturated heterocycles. The summed E-state index contributed by atoms with van der Waals surface area (Å²) in [5.41, 5.74) is 5.18. The third-order valence-electron chi connectivity index (χ3n) is 5.28. The molecule has 0 fully saturated rings. The summed E-state index contributed by atoms with van der Waals surface area (Å²) in [5.74, 6) is 1.50. The van der Waals surface area contributed by atoms with Crippen LogP contribution in [0, 0.1) is 12.8 Å². The second-order valence-electron chi connectivity index (χ2n) is 7.07. The third-order valence-corrected chi connectivity index (χ3v) is 5.28. The van der Waals surface area contributed by atoms with Crippen molar-refractivity contribution in [1.82, 2.24) is 10.6 Å². The van der Waals surface area contributed by atoms with E-state index in [-0.39, 0.29) is 6.03 Å². The van der Waals surface area contributed by atoms with Crippen molar-refractivity contribution in [3.05, 3.63) is 64.7 Å². The summed E-state index contributed by atoms with van der Waals surface area (Å²) in [4.78, 5) is 12.0. The topological polar surface area (TPSA) is 50.4 Å². The van der Waals surface area contributed by atoms with Crippen LogP contribution in [0.1, 0.15) is 35.1 Å². The molecule has 0 heterocycles. The summed E-state index contributed by atoms with van der Waals surface area (Å²) in [6, 6.07) is 14.5. The van der Waals surface area contributed by atoms with Gasteiger partial charge in [0, 0.05) is 13.1 Å². The van der Waals surface area contributed by atoms with Gasteiger partial charge in [-0.05, 0) is 72.9 Å². The van der Waals surface area contributed by atoms with Crippen LogP contribution in [0.15, 0.2) is 42.5 Å². The predicted octanol–water partition coefficient (Wildman–Crippen LogP) is 4.00. The summed E-state index contributed by atoms with van der Waals surface area (Å²) < 4.78 is 5.21. The maximum atomic E-state index is 12.0. The summed E-state index contributed by atoms with van der Waals surface area (Å²) >= 11 is 0. The lowest BCUT2D eigenvalue weighted by Gasteiger charge is -2.24. The van der Waals surface area contributed by atoms with Crippen molar-refractivity contribution in [2.75, 3.05) is 13.7 Å². The van der Waals surface area contributed by atoms with Crippen molar-refractivity contribution in [3.8, 4) is 5.75 Å². The van der Waals surface area contributed by atoms with Crippen LogP contribution in [0.5, 0.6) is 5.75 Å². The van der Waals surface area contributed by atoms with Crippen LogP contribution in [-0.4, -0.2) is 19.7 Å². The molecule has 4 nitrogen and oxygen atoms in total. The minimum absolute atomic E-state index is 0.101. The van der Waals surface area contributed by atoms with E-state index >= 15 is 0 Å². The van der Waals surface area contributed by atoms with E-state index < -0.39 is 0 Å². The van der Waals surface area contributed by atoms with Crippen molar-refractivity contribution in [1.29, 1.82) is 0 Å². The lowest BCUT2D eigenvalue weighted by Crippen LogP contribution is -2.36. The molecule has 0 saturated carbocycles. The second kappa shape index (κ2) is 8.75. The van der Waals surface area contributed by atoms with Crippen molar-refractivity contribution < 1.29 is 9.53 Å². The highest BCUT2D eigenvalue weighted by molar-refractivity contribution is 5.73. The molecular formula is C22H28N2O2. The lowest BCUT2D eigenvalue weighted by atomic mass is 9.82. The average molecular weight is 352 g/mol. The Hall–Kier alpha value is -2.49. The Morgan fingerprint density at radius 3 is 2.73 bits per heavy atom. The molecule has 2 amide bonds. The fourth-order valence-electron chi connectivity index (χ4n) is 3.64. The molecule has 1 atom stereocenters. The van der Waals surface area contributed by atoms with Crippen LogP contribution in [0.25, 0.3) is 0 Å². The van der Waals surface area contributed by atoms with E-state index in [1.54, 1.807) is 7.11 Å². The van der Waals surface area contributed by atoms with Crippen molar-refractivity contribution in [2.45, 2.75) is 39.2 Å². The molecule has 0 spiro atoms. The van der Waals surface area contributed by atoms with Gasteiger partial charge in [0.05, 0.1) is 7.11 Å². The smallest absolute Gasteiger partial charge is 0.315 e. The van der Waals surface area contributed by atoms with Gasteiger partial charge in [0.25, 0.3) is 0 Å². The predicted molar refractivity (Wildman–Crippen MR) is 105 cm³/mol. The molecule has 26 heavy (non-hydrogen) atoms. The van der Waals surface area contributed by atoms with Crippen LogP contribution >= 0.6 is 0 Å². The minimum atomic E-state index is -0.101. The number of carbonyl (C=O) groups excluding carboxylic acids is 1. The Kier molecular flexibility index (Phi) is 6.16. The maximum Gasteiger partial charge on any atom is 0.315 e. The highest BCUT2D eigenvalue weighted by atomic mass is 16.5. The van der Waals surface area contributed by atoms with E-state index in [4.69, 9.17) is 4.74 Å². The number of fused-ring (bicyclic) bond motifs is 1. The zero-order chi connectivity index (χ0) is 18.4. The van der Waals surface area contributed by atoms with E-state index in [1.165, 1.54) is 17.5 Å². The van der Waals surface area contributed by atoms with Crippen LogP contribution < -0.4 is 15.4 Å². The summed E-state index contributed by atoms with van der Waals surface area (Å²) in [5, 5.41) is 5.93. The minimum Gasteiger partial charge on any atom is -0.497 e. The monoisotopic (exact) mass is 352 g/mol. The molecule has 2 N–H and O–H groups in total. The first-order chi connectivity index (χ1) is 12.7. The van der Waals surface area contributed by atoms with Crippen LogP contribution in [0.4, 0.5) is 4.79 Å². The zero-order valence-electron chi connectivity index (χ0n) is 15.7. The number of urea groups is 1. The molecule has 2 aromatic rings. The molecule has 4 heteroatoms. The first kappa shape index (κ1) is 18.3. The highest BCUT2D eigenvalue weighted by Crippen LogP contribution is 2.27. The molecule has 0 bridgehead atoms. The van der Waals surface area contributed by atoms with Gasteiger partial charge >= 0.3 is 6.03 Å². The molecule has 1 aliphatic rings. The number of rotatable bonds is 6. The highest BCUT2D eigenvalue weighted by Gasteiger charge is 2.18. The van der Waals surface area contributed by atoms with E-state index in [2.05, 4.69) is 34.9 Å². The standard InChI is InChI=1S/C22H28N2O2/c1-16-13-21(26-2)10-9-20(16)15-24-22(25)23-12-11-17-7-8-18-5-3-4-6-19(18)14-17/h3-6,9-10,13,17H,7-8,11-12,14-15H2,1-2H3,(H2,23,24,25). The Morgan fingerprint density at radius 2 is 1.96 bits per heavy atom. The van der Waals surface area contributed by atoms with Gasteiger partial charge in [0.15, 0.2) is 0 Å². The van der Waals surface area contributed by atoms with Gasteiger partial charge < -0.3 is 15.4 Å². The van der Waals surface area contributed by atoms with Crippen molar-refractivity contribution >= 4 is 6.03 Å². The number of hydrogen-bond donors (Lipinski definition) is 2. The molecule has 1 aliphatic carbocycles. The first-order valence-corrected chi connectivity index (χ1v) is 9.37. The molecule has 3 rings (SSSR count). The number of hydrogen-bond acceptors (Lipinski definition) is 2. The number of nitrogens with one attached hydrogen (secondary N) is 2. The van der Waals surface area contributed by atoms with Gasteiger partial charge in [0.1, 0.15) is 5.75 Å². The maximum absolute atomic E-state index is 12.0. The Labute approximate surface area is 156 Å². The molecule has 0 radical (unpaired) electrons. The first-order valence-electron chi connectivity index (χ1n) is 9.37. The lowest BCUT2D eigenvalue weighted by molar-refractivity contribution is 0.239. The summed E-state index contributed by atoms with van der Waals surface area (Å²) in [6.45, 7) is 3.27. The largest absolute Gasteiger partial charge is 0.497 e. The van der Waals surface area contributed by atoms with Gasteiger partial charge in [-0.3, -0.25) is 0 Å². The van der Waals surface area contributed by atoms with Crippen molar-refractivity contribution in [2.24, 2.45) is 5.92 Å². The summed E-state index contributed by atoms with van der Waals surface area (Å²) in [6.07, 6.45) is 4.53. The fraction of sp³-hybridized carbons (Fsp3) is 0.409. The number of benzene rings is 2. The number of amides is 2. The Morgan fingerprint density at radius 1 is 1.15 bits per heavy atom. The second-order valence-corrected chi connectivity index (χ2v) is 7.07. The van der Waals surface area contributed by atoms with Crippen LogP contribution in [-0.2, 0) is 19.4 Å². The Bertz CT molecular complexity index is 758. The van der Waals surface area contributed by atoms with Gasteiger partial charge in [-0.25, -0.2) is 4.79 Å². The SMILES string of the molecule is COc1ccc(CNC(=O)NCCC2CCc3ccccc3C2)c(C)c1. The Balaban J connectivity index is 1.38. The van der Waals surface area contributed by atoms with Gasteiger partial charge in [-0.1, -0.05) is 30.3 Å². The summed E-state index contributed by atoms with van der Waals surface area (Å²) in [7, 11) is 1.66. The van der Waals surface area contributed by atoms with Crippen LogP contribution in [0.3, 0.4) is 0 Å². The molecule has 0 aromatic heterocycles. The van der Waals surface area contributed by atoms with Gasteiger partial charge in [0.2, 0.25) is 0 Å². The molecule has 1 unspecified atom stereocenters. The van der Waals surface area contributed by atoms with E-state index in [9.17, 15) is 4.79 Å². The molecule has 2 aromatic carbocycles. The third kappa shape index (κ3) is 4.78. The normalized spacial score (nSPS) is 15.8. The average Bonchev–Trinajstić information content (AvgIpc) is 2.67. The molecule has 138 valence electrons. The number of ether oxygens (including phenoxy) is 1. The molecule has 0 aliphatic heterocycles. The van der Waals surface area contributed by atoms with Crippen LogP contribution in [0.2, 0.25) is 0 Å². The number of methoxy groups -OCH3 is 1.